The summed E-state index contributed by atoms with van der Waals surface area (Å²) in [6, 6.07) is 9.34. The third-order valence-corrected chi connectivity index (χ3v) is 7.08. The number of nitrogens with one attached hydrogen (secondary N) is 4. The van der Waals surface area contributed by atoms with Crippen molar-refractivity contribution in [3.8, 4) is 0 Å². The first-order chi connectivity index (χ1) is 15.1. The Morgan fingerprint density at radius 1 is 0.742 bits per heavy atom. The van der Waals surface area contributed by atoms with Crippen molar-refractivity contribution < 1.29 is 13.1 Å². The molecule has 5 nitrogen and oxygen atoms in total. The predicted molar refractivity (Wildman–Crippen MR) is 127 cm³/mol. The van der Waals surface area contributed by atoms with Crippen molar-refractivity contribution in [3.05, 3.63) is 29.6 Å². The second kappa shape index (κ2) is 13.7. The second-order valence-electron chi connectivity index (χ2n) is 9.22. The first-order valence-corrected chi connectivity index (χ1v) is 15.2. The van der Waals surface area contributed by atoms with Crippen molar-refractivity contribution in [1.82, 2.24) is 26.3 Å². The molecule has 177 valence electrons. The predicted octanol–water partition coefficient (Wildman–Crippen LogP) is 4.57. The molecule has 2 aliphatic carbocycles. The monoisotopic (exact) mass is 510 g/mol. The van der Waals surface area contributed by atoms with Crippen LogP contribution in [0.25, 0.3) is 0 Å². The van der Waals surface area contributed by atoms with Crippen LogP contribution in [0.5, 0.6) is 0 Å². The normalized spacial score (nSPS) is 34.7. The number of pyridine rings is 1. The van der Waals surface area contributed by atoms with Gasteiger partial charge in [-0.1, -0.05) is 31.7 Å². The van der Waals surface area contributed by atoms with E-state index in [0.717, 1.165) is 13.1 Å². The molecule has 0 radical (unpaired) electrons. The summed E-state index contributed by atoms with van der Waals surface area (Å²) in [4.78, 5) is 5.06. The van der Waals surface area contributed by atoms with Gasteiger partial charge in [0, 0.05) is 49.3 Å². The molecular weight excluding hydrogens is 472 g/mol. The summed E-state index contributed by atoms with van der Waals surface area (Å²) >= 11 is 0.00694. The van der Waals surface area contributed by atoms with E-state index >= 15 is 0 Å². The van der Waals surface area contributed by atoms with Gasteiger partial charge in [0.25, 0.3) is 0 Å². The zero-order valence-corrected chi connectivity index (χ0v) is 21.5. The van der Waals surface area contributed by atoms with Crippen molar-refractivity contribution in [3.63, 3.8) is 0 Å². The Hall–Kier alpha value is 0.0895. The van der Waals surface area contributed by atoms with Crippen LogP contribution in [0, 0.1) is 0 Å². The summed E-state index contributed by atoms with van der Waals surface area (Å²) in [5.41, 5.74) is 2.34. The summed E-state index contributed by atoms with van der Waals surface area (Å²) in [6.07, 6.45) is 10.4. The molecule has 0 saturated heterocycles. The summed E-state index contributed by atoms with van der Waals surface area (Å²) in [6.45, 7) is 6.66. The second-order valence-corrected chi connectivity index (χ2v) is 11.2. The molecular formula is C23H39Cl2MnN5. The fourth-order valence-electron chi connectivity index (χ4n) is 5.43. The Kier molecular flexibility index (Phi) is 11.4. The molecule has 2 bridgehead atoms. The van der Waals surface area contributed by atoms with E-state index in [2.05, 4.69) is 53.3 Å². The van der Waals surface area contributed by atoms with Crippen LogP contribution in [0.2, 0.25) is 0 Å². The zero-order valence-electron chi connectivity index (χ0n) is 18.8. The Balaban J connectivity index is 0.000000858. The molecule has 0 spiro atoms. The first kappa shape index (κ1) is 25.7. The van der Waals surface area contributed by atoms with Crippen molar-refractivity contribution in [2.75, 3.05) is 13.1 Å². The number of rotatable bonds is 0. The SMILES string of the molecule is C[C@@H]1NC2CCCC[C@H]2NCCNC2CCCC[C@H]2N[C@@H](C)c2cccc1n2.[Cl][Mn][Cl]. The van der Waals surface area contributed by atoms with Crippen molar-refractivity contribution in [2.24, 2.45) is 0 Å². The molecule has 2 fully saturated rings. The molecule has 4 N–H and O–H groups in total. The van der Waals surface area contributed by atoms with E-state index in [1.54, 1.807) is 0 Å². The molecule has 1 aromatic heterocycles. The van der Waals surface area contributed by atoms with Gasteiger partial charge in [-0.3, -0.25) is 4.98 Å². The molecule has 6 atom stereocenters. The maximum atomic E-state index is 5.06. The number of halogens is 2. The van der Waals surface area contributed by atoms with Crippen molar-refractivity contribution in [1.29, 1.82) is 0 Å². The quantitative estimate of drug-likeness (QED) is 0.385. The van der Waals surface area contributed by atoms with Gasteiger partial charge in [-0.2, -0.15) is 0 Å². The Morgan fingerprint density at radius 2 is 1.13 bits per heavy atom. The molecule has 0 aromatic carbocycles. The van der Waals surface area contributed by atoms with Crippen LogP contribution in [0.15, 0.2) is 18.2 Å². The van der Waals surface area contributed by atoms with Gasteiger partial charge >= 0.3 is 33.3 Å². The van der Waals surface area contributed by atoms with Crippen molar-refractivity contribution in [2.45, 2.75) is 101 Å². The number of nitrogens with zero attached hydrogens (tertiary/aromatic N) is 1. The molecule has 8 heteroatoms. The van der Waals surface area contributed by atoms with E-state index in [-0.39, 0.29) is 25.2 Å². The molecule has 2 heterocycles. The molecule has 1 aromatic rings. The summed E-state index contributed by atoms with van der Waals surface area (Å²) in [5.74, 6) is 0. The fourth-order valence-corrected chi connectivity index (χ4v) is 5.43. The van der Waals surface area contributed by atoms with Crippen molar-refractivity contribution >= 4 is 20.2 Å². The van der Waals surface area contributed by atoms with Gasteiger partial charge in [0.05, 0.1) is 11.4 Å². The van der Waals surface area contributed by atoms with E-state index in [4.69, 9.17) is 25.2 Å². The van der Waals surface area contributed by atoms with Crippen LogP contribution in [0.1, 0.15) is 88.7 Å². The van der Waals surface area contributed by atoms with Gasteiger partial charge in [0.15, 0.2) is 0 Å². The summed E-state index contributed by atoms with van der Waals surface area (Å²) in [7, 11) is 9.59. The van der Waals surface area contributed by atoms with Crippen LogP contribution in [-0.4, -0.2) is 42.2 Å². The van der Waals surface area contributed by atoms with Gasteiger partial charge in [-0.05, 0) is 51.7 Å². The third-order valence-electron chi connectivity index (χ3n) is 7.08. The number of hydrogen-bond donors (Lipinski definition) is 4. The van der Waals surface area contributed by atoms with Gasteiger partial charge in [0.2, 0.25) is 0 Å². The number of fused-ring (bicyclic) bond motifs is 4. The van der Waals surface area contributed by atoms with Crippen LogP contribution in [0.4, 0.5) is 0 Å². The Morgan fingerprint density at radius 3 is 1.55 bits per heavy atom. The van der Waals surface area contributed by atoms with Crippen LogP contribution < -0.4 is 21.3 Å². The molecule has 4 rings (SSSR count). The Labute approximate surface area is 203 Å². The summed E-state index contributed by atoms with van der Waals surface area (Å²) in [5, 5.41) is 15.5. The van der Waals surface area contributed by atoms with Crippen LogP contribution in [0.3, 0.4) is 0 Å². The third kappa shape index (κ3) is 7.82. The maximum absolute atomic E-state index is 5.06. The molecule has 1 aliphatic heterocycles. The number of aromatic nitrogens is 1. The summed E-state index contributed by atoms with van der Waals surface area (Å²) < 4.78 is 0. The first-order valence-electron chi connectivity index (χ1n) is 11.9. The fraction of sp³-hybridized carbons (Fsp3) is 0.783. The van der Waals surface area contributed by atoms with E-state index in [9.17, 15) is 0 Å². The van der Waals surface area contributed by atoms with Gasteiger partial charge in [-0.15, -0.1) is 0 Å². The van der Waals surface area contributed by atoms with Gasteiger partial charge < -0.3 is 21.3 Å². The van der Waals surface area contributed by atoms with E-state index < -0.39 is 0 Å². The molecule has 3 aliphatic rings. The zero-order chi connectivity index (χ0) is 22.1. The van der Waals surface area contributed by atoms with Gasteiger partial charge in [-0.25, -0.2) is 0 Å². The van der Waals surface area contributed by atoms with Crippen LogP contribution in [-0.2, 0) is 13.1 Å². The average molecular weight is 511 g/mol. The minimum absolute atomic E-state index is 0.00694. The number of hydrogen-bond acceptors (Lipinski definition) is 5. The minimum atomic E-state index is 0.00694. The van der Waals surface area contributed by atoms with E-state index in [1.807, 2.05) is 0 Å². The Bertz CT molecular complexity index is 603. The molecule has 31 heavy (non-hydrogen) atoms. The topological polar surface area (TPSA) is 61.0 Å². The molecule has 2 unspecified atom stereocenters. The molecule has 0 amide bonds. The average Bonchev–Trinajstić information content (AvgIpc) is 2.79. The standard InChI is InChI=1S/C23H39N5.2ClH.Mn/c1-16-18-12-7-13-19(28-18)17(2)27-23-11-6-4-9-21(23)25-15-14-24-20-8-3-5-10-22(20)26-16;;;/h7,12-13,16-17,20-27H,3-6,8-11,14-15H2,1-2H3;2*1H;/q;;;+2/p-2/t16-,17-,20+,21?,22?,23+;;;/m0.../s1. The van der Waals surface area contributed by atoms with E-state index in [0.29, 0.717) is 24.2 Å². The van der Waals surface area contributed by atoms with E-state index in [1.165, 1.54) is 62.8 Å². The van der Waals surface area contributed by atoms with Gasteiger partial charge in [0.1, 0.15) is 0 Å². The molecule has 2 saturated carbocycles. The van der Waals surface area contributed by atoms with Crippen LogP contribution >= 0.6 is 20.2 Å².